The van der Waals surface area contributed by atoms with E-state index in [-0.39, 0.29) is 0 Å². The van der Waals surface area contributed by atoms with Crippen molar-refractivity contribution in [2.24, 2.45) is 0 Å². The summed E-state index contributed by atoms with van der Waals surface area (Å²) in [5.74, 6) is 0. The first kappa shape index (κ1) is 14.5. The van der Waals surface area contributed by atoms with Gasteiger partial charge in [-0.05, 0) is 70.7 Å². The van der Waals surface area contributed by atoms with Gasteiger partial charge in [0.05, 0.1) is 3.79 Å². The van der Waals surface area contributed by atoms with Crippen LogP contribution in [0.2, 0.25) is 0 Å². The summed E-state index contributed by atoms with van der Waals surface area (Å²) in [6.07, 6.45) is 6.85. The van der Waals surface area contributed by atoms with Crippen LogP contribution >= 0.6 is 43.2 Å². The Kier molecular flexibility index (Phi) is 4.69. The van der Waals surface area contributed by atoms with Gasteiger partial charge in [0, 0.05) is 34.0 Å². The second-order valence-corrected chi connectivity index (χ2v) is 9.10. The number of nitrogens with zero attached hydrogens (tertiary/aromatic N) is 1. The lowest BCUT2D eigenvalue weighted by molar-refractivity contribution is 0.0483. The van der Waals surface area contributed by atoms with Gasteiger partial charge in [0.2, 0.25) is 0 Å². The van der Waals surface area contributed by atoms with Crippen molar-refractivity contribution >= 4 is 43.2 Å². The Morgan fingerprint density at radius 1 is 1.32 bits per heavy atom. The zero-order chi connectivity index (χ0) is 13.4. The minimum absolute atomic E-state index is 0.700. The average Bonchev–Trinajstić information content (AvgIpc) is 2.67. The van der Waals surface area contributed by atoms with Crippen molar-refractivity contribution in [2.45, 2.75) is 56.8 Å². The summed E-state index contributed by atoms with van der Waals surface area (Å²) in [5.41, 5.74) is 0. The molecule has 2 aliphatic heterocycles. The van der Waals surface area contributed by atoms with Crippen molar-refractivity contribution in [3.8, 4) is 0 Å². The summed E-state index contributed by atoms with van der Waals surface area (Å²) in [6, 6.07) is 4.54. The molecule has 2 atom stereocenters. The summed E-state index contributed by atoms with van der Waals surface area (Å²) in [5, 5.41) is 3.77. The van der Waals surface area contributed by atoms with E-state index in [1.165, 1.54) is 45.2 Å². The molecule has 2 fully saturated rings. The van der Waals surface area contributed by atoms with E-state index < -0.39 is 0 Å². The largest absolute Gasteiger partial charge is 0.309 e. The van der Waals surface area contributed by atoms with Crippen LogP contribution in [0, 0.1) is 0 Å². The molecule has 106 valence electrons. The number of nitrogens with one attached hydrogen (secondary N) is 1. The van der Waals surface area contributed by atoms with E-state index in [2.05, 4.69) is 55.2 Å². The van der Waals surface area contributed by atoms with Crippen molar-refractivity contribution in [3.05, 3.63) is 19.2 Å². The van der Waals surface area contributed by atoms with E-state index in [9.17, 15) is 0 Å². The van der Waals surface area contributed by atoms with E-state index in [0.717, 1.165) is 18.6 Å². The Labute approximate surface area is 136 Å². The highest BCUT2D eigenvalue weighted by molar-refractivity contribution is 9.13. The van der Waals surface area contributed by atoms with Gasteiger partial charge in [0.25, 0.3) is 0 Å². The summed E-state index contributed by atoms with van der Waals surface area (Å²) in [4.78, 5) is 4.03. The van der Waals surface area contributed by atoms with Crippen LogP contribution in [-0.2, 0) is 6.54 Å². The van der Waals surface area contributed by atoms with Gasteiger partial charge in [-0.2, -0.15) is 0 Å². The predicted molar refractivity (Wildman–Crippen MR) is 88.8 cm³/mol. The van der Waals surface area contributed by atoms with E-state index >= 15 is 0 Å². The van der Waals surface area contributed by atoms with Gasteiger partial charge in [-0.3, -0.25) is 0 Å². The van der Waals surface area contributed by atoms with Crippen LogP contribution in [0.15, 0.2) is 14.3 Å². The molecule has 2 bridgehead atoms. The van der Waals surface area contributed by atoms with Crippen LogP contribution in [0.1, 0.15) is 37.0 Å². The maximum absolute atomic E-state index is 3.77. The van der Waals surface area contributed by atoms with Crippen LogP contribution in [0.4, 0.5) is 0 Å². The number of hydrogen-bond acceptors (Lipinski definition) is 3. The minimum Gasteiger partial charge on any atom is -0.309 e. The fourth-order valence-corrected chi connectivity index (χ4v) is 5.63. The molecule has 2 aliphatic rings. The third kappa shape index (κ3) is 3.26. The second kappa shape index (κ2) is 6.14. The van der Waals surface area contributed by atoms with Gasteiger partial charge in [-0.1, -0.05) is 6.42 Å². The molecule has 2 unspecified atom stereocenters. The maximum atomic E-state index is 3.77. The molecule has 3 rings (SSSR count). The Balaban J connectivity index is 1.56. The molecule has 0 spiro atoms. The number of rotatable bonds is 3. The number of fused-ring (bicyclic) bond motifs is 2. The fourth-order valence-electron chi connectivity index (χ4n) is 3.51. The molecular formula is C14H20Br2N2S. The lowest BCUT2D eigenvalue weighted by Crippen LogP contribution is -2.54. The number of halogens is 2. The van der Waals surface area contributed by atoms with Gasteiger partial charge in [-0.25, -0.2) is 0 Å². The van der Waals surface area contributed by atoms with Gasteiger partial charge in [0.1, 0.15) is 0 Å². The van der Waals surface area contributed by atoms with E-state index in [1.807, 2.05) is 11.3 Å². The Morgan fingerprint density at radius 3 is 2.58 bits per heavy atom. The third-order valence-corrected chi connectivity index (χ3v) is 7.86. The lowest BCUT2D eigenvalue weighted by atomic mass is 9.82. The predicted octanol–water partition coefficient (Wildman–Crippen LogP) is 4.38. The van der Waals surface area contributed by atoms with Gasteiger partial charge < -0.3 is 10.2 Å². The smallest absolute Gasteiger partial charge is 0.0843 e. The monoisotopic (exact) mass is 406 g/mol. The molecule has 0 saturated carbocycles. The quantitative estimate of drug-likeness (QED) is 0.799. The van der Waals surface area contributed by atoms with Gasteiger partial charge in [-0.15, -0.1) is 11.3 Å². The van der Waals surface area contributed by atoms with Crippen LogP contribution in [0.5, 0.6) is 0 Å². The Hall–Kier alpha value is 0.580. The first-order valence-corrected chi connectivity index (χ1v) is 9.42. The second-order valence-electron chi connectivity index (χ2n) is 5.79. The van der Waals surface area contributed by atoms with Crippen molar-refractivity contribution in [1.82, 2.24) is 10.2 Å². The van der Waals surface area contributed by atoms with Crippen LogP contribution in [0.25, 0.3) is 0 Å². The third-order valence-electron chi connectivity index (χ3n) is 4.60. The molecular weight excluding hydrogens is 388 g/mol. The highest BCUT2D eigenvalue weighted by Crippen LogP contribution is 2.34. The fraction of sp³-hybridized carbons (Fsp3) is 0.714. The summed E-state index contributed by atoms with van der Waals surface area (Å²) in [7, 11) is 2.32. The van der Waals surface area contributed by atoms with Crippen LogP contribution in [-0.4, -0.2) is 30.1 Å². The molecule has 1 aromatic heterocycles. The molecule has 1 N–H and O–H groups in total. The van der Waals surface area contributed by atoms with Crippen molar-refractivity contribution in [2.75, 3.05) is 7.05 Å². The van der Waals surface area contributed by atoms with Gasteiger partial charge >= 0.3 is 0 Å². The molecule has 2 saturated heterocycles. The summed E-state index contributed by atoms with van der Waals surface area (Å²) >= 11 is 8.95. The minimum atomic E-state index is 0.700. The molecule has 1 aromatic rings. The zero-order valence-electron chi connectivity index (χ0n) is 11.2. The molecule has 0 aliphatic carbocycles. The Morgan fingerprint density at radius 2 is 2.00 bits per heavy atom. The first-order chi connectivity index (χ1) is 9.13. The maximum Gasteiger partial charge on any atom is 0.0843 e. The number of hydrogen-bond donors (Lipinski definition) is 1. The number of thiophene rings is 1. The average molecular weight is 408 g/mol. The highest BCUT2D eigenvalue weighted by atomic mass is 79.9. The summed E-state index contributed by atoms with van der Waals surface area (Å²) < 4.78 is 2.37. The Bertz CT molecular complexity index is 415. The standard InChI is InChI=1S/C14H20Br2N2S/c1-18-10-3-2-4-11(18)6-9(5-10)17-8-12-7-13(15)14(16)19-12/h7,9-11,17H,2-6,8H2,1H3. The normalized spacial score (nSPS) is 31.6. The van der Waals surface area contributed by atoms with Crippen LogP contribution in [0.3, 0.4) is 0 Å². The first-order valence-electron chi connectivity index (χ1n) is 7.02. The van der Waals surface area contributed by atoms with E-state index in [4.69, 9.17) is 0 Å². The van der Waals surface area contributed by atoms with E-state index in [1.54, 1.807) is 0 Å². The van der Waals surface area contributed by atoms with Crippen molar-refractivity contribution in [1.29, 1.82) is 0 Å². The number of piperidine rings is 2. The topological polar surface area (TPSA) is 15.3 Å². The SMILES string of the molecule is CN1C2CCCC1CC(NCc1cc(Br)c(Br)s1)C2. The molecule has 19 heavy (non-hydrogen) atoms. The lowest BCUT2D eigenvalue weighted by Gasteiger charge is -2.47. The molecule has 0 radical (unpaired) electrons. The van der Waals surface area contributed by atoms with Crippen LogP contribution < -0.4 is 5.32 Å². The van der Waals surface area contributed by atoms with Crippen molar-refractivity contribution < 1.29 is 0 Å². The van der Waals surface area contributed by atoms with Gasteiger partial charge in [0.15, 0.2) is 0 Å². The molecule has 2 nitrogen and oxygen atoms in total. The highest BCUT2D eigenvalue weighted by Gasteiger charge is 2.35. The molecule has 0 amide bonds. The zero-order valence-corrected chi connectivity index (χ0v) is 15.2. The summed E-state index contributed by atoms with van der Waals surface area (Å²) in [6.45, 7) is 1.00. The molecule has 3 heterocycles. The van der Waals surface area contributed by atoms with E-state index in [0.29, 0.717) is 6.04 Å². The molecule has 5 heteroatoms. The molecule has 0 aromatic carbocycles. The van der Waals surface area contributed by atoms with Crippen molar-refractivity contribution in [3.63, 3.8) is 0 Å².